The van der Waals surface area contributed by atoms with E-state index in [1.807, 2.05) is 4.90 Å². The van der Waals surface area contributed by atoms with Crippen molar-refractivity contribution in [3.63, 3.8) is 0 Å². The molecular formula is C21H28ClFN6O2S. The highest BCUT2D eigenvalue weighted by molar-refractivity contribution is 7.99. The molecular weight excluding hydrogens is 455 g/mol. The van der Waals surface area contributed by atoms with E-state index in [2.05, 4.69) is 31.5 Å². The minimum atomic E-state index is -0.288. The van der Waals surface area contributed by atoms with Crippen LogP contribution in [0.25, 0.3) is 0 Å². The number of nitrogens with zero attached hydrogens (tertiary/aromatic N) is 6. The van der Waals surface area contributed by atoms with Crippen molar-refractivity contribution in [3.8, 4) is 0 Å². The Bertz CT molecular complexity index is 911. The zero-order chi connectivity index (χ0) is 22.5. The molecule has 1 amide bonds. The van der Waals surface area contributed by atoms with E-state index in [9.17, 15) is 9.18 Å². The molecule has 8 nitrogen and oxygen atoms in total. The summed E-state index contributed by atoms with van der Waals surface area (Å²) in [6.45, 7) is 8.82. The summed E-state index contributed by atoms with van der Waals surface area (Å²) in [7, 11) is 0. The zero-order valence-corrected chi connectivity index (χ0v) is 19.7. The molecule has 0 unspecified atom stereocenters. The predicted octanol–water partition coefficient (Wildman–Crippen LogP) is 2.36. The highest BCUT2D eigenvalue weighted by Gasteiger charge is 2.24. The summed E-state index contributed by atoms with van der Waals surface area (Å²) in [4.78, 5) is 18.9. The molecule has 2 aromatic rings. The molecule has 1 aromatic carbocycles. The predicted molar refractivity (Wildman–Crippen MR) is 123 cm³/mol. The molecule has 2 saturated heterocycles. The minimum absolute atomic E-state index is 0.0807. The second-order valence-corrected chi connectivity index (χ2v) is 9.12. The number of rotatable bonds is 7. The van der Waals surface area contributed by atoms with E-state index in [0.29, 0.717) is 62.3 Å². The number of piperazine rings is 1. The Balaban J connectivity index is 1.28. The molecule has 1 aromatic heterocycles. The molecule has 0 N–H and O–H groups in total. The molecule has 2 fully saturated rings. The van der Waals surface area contributed by atoms with Crippen LogP contribution < -0.4 is 4.90 Å². The molecule has 0 atom stereocenters. The van der Waals surface area contributed by atoms with E-state index in [1.54, 1.807) is 12.1 Å². The Kier molecular flexibility index (Phi) is 7.88. The molecule has 0 radical (unpaired) electrons. The maximum Gasteiger partial charge on any atom is 0.233 e. The van der Waals surface area contributed by atoms with Crippen molar-refractivity contribution in [1.29, 1.82) is 0 Å². The van der Waals surface area contributed by atoms with Crippen LogP contribution in [0, 0.1) is 5.82 Å². The van der Waals surface area contributed by atoms with Gasteiger partial charge in [-0.25, -0.2) is 4.39 Å². The van der Waals surface area contributed by atoms with Crippen molar-refractivity contribution in [2.24, 2.45) is 0 Å². The Morgan fingerprint density at radius 3 is 2.59 bits per heavy atom. The average molecular weight is 483 g/mol. The van der Waals surface area contributed by atoms with E-state index >= 15 is 0 Å². The summed E-state index contributed by atoms with van der Waals surface area (Å²) in [6, 6.07) is 4.74. The summed E-state index contributed by atoms with van der Waals surface area (Å²) in [5.41, 5.74) is 0.513. The van der Waals surface area contributed by atoms with Crippen LogP contribution in [0.15, 0.2) is 23.4 Å². The normalized spacial score (nSPS) is 17.7. The number of aromatic nitrogens is 3. The summed E-state index contributed by atoms with van der Waals surface area (Å²) >= 11 is 7.57. The summed E-state index contributed by atoms with van der Waals surface area (Å²) in [5.74, 6) is 0.952. The number of carbonyl (C=O) groups is 1. The molecule has 4 rings (SSSR count). The zero-order valence-electron chi connectivity index (χ0n) is 18.2. The molecule has 0 aliphatic carbocycles. The second-order valence-electron chi connectivity index (χ2n) is 7.77. The SMILES string of the molecule is CCn1c(SCC(=O)N2CCN(Cc3c(F)cccc3Cl)CC2)nnc1N1CCOCC1. The fourth-order valence-electron chi connectivity index (χ4n) is 3.94. The summed E-state index contributed by atoms with van der Waals surface area (Å²) < 4.78 is 21.5. The van der Waals surface area contributed by atoms with E-state index in [-0.39, 0.29) is 11.7 Å². The van der Waals surface area contributed by atoms with Gasteiger partial charge in [-0.15, -0.1) is 10.2 Å². The van der Waals surface area contributed by atoms with E-state index < -0.39 is 0 Å². The molecule has 3 heterocycles. The Hall–Kier alpha value is -1.88. The monoisotopic (exact) mass is 482 g/mol. The van der Waals surface area contributed by atoms with Crippen LogP contribution in [-0.2, 0) is 22.6 Å². The van der Waals surface area contributed by atoms with Gasteiger partial charge in [0.2, 0.25) is 11.9 Å². The molecule has 0 saturated carbocycles. The van der Waals surface area contributed by atoms with Crippen LogP contribution in [0.3, 0.4) is 0 Å². The first-order chi connectivity index (χ1) is 15.6. The van der Waals surface area contributed by atoms with Crippen molar-refractivity contribution >= 4 is 35.2 Å². The largest absolute Gasteiger partial charge is 0.378 e. The maximum atomic E-state index is 14.1. The molecule has 2 aliphatic heterocycles. The quantitative estimate of drug-likeness (QED) is 0.561. The van der Waals surface area contributed by atoms with Gasteiger partial charge in [-0.2, -0.15) is 0 Å². The molecule has 0 bridgehead atoms. The summed E-state index contributed by atoms with van der Waals surface area (Å²) in [5, 5.41) is 9.88. The van der Waals surface area contributed by atoms with Crippen molar-refractivity contribution in [1.82, 2.24) is 24.6 Å². The van der Waals surface area contributed by atoms with Gasteiger partial charge in [-0.3, -0.25) is 14.3 Å². The van der Waals surface area contributed by atoms with Crippen LogP contribution in [0.2, 0.25) is 5.02 Å². The van der Waals surface area contributed by atoms with Crippen LogP contribution in [0.4, 0.5) is 10.3 Å². The number of ether oxygens (including phenoxy) is 1. The second kappa shape index (κ2) is 10.8. The van der Waals surface area contributed by atoms with Gasteiger partial charge >= 0.3 is 0 Å². The highest BCUT2D eigenvalue weighted by atomic mass is 35.5. The lowest BCUT2D eigenvalue weighted by Crippen LogP contribution is -2.48. The summed E-state index contributed by atoms with van der Waals surface area (Å²) in [6.07, 6.45) is 0. The number of morpholine rings is 1. The first-order valence-corrected chi connectivity index (χ1v) is 12.2. The third-order valence-corrected chi connectivity index (χ3v) is 7.11. The molecule has 174 valence electrons. The van der Waals surface area contributed by atoms with Gasteiger partial charge in [0.25, 0.3) is 0 Å². The van der Waals surface area contributed by atoms with Crippen molar-refractivity contribution in [2.45, 2.75) is 25.2 Å². The van der Waals surface area contributed by atoms with Crippen molar-refractivity contribution in [2.75, 3.05) is 63.1 Å². The van der Waals surface area contributed by atoms with E-state index in [4.69, 9.17) is 16.3 Å². The number of benzene rings is 1. The number of anilines is 1. The van der Waals surface area contributed by atoms with Crippen LogP contribution in [0.5, 0.6) is 0 Å². The Morgan fingerprint density at radius 2 is 1.91 bits per heavy atom. The Labute approximate surface area is 196 Å². The fourth-order valence-corrected chi connectivity index (χ4v) is 5.06. The van der Waals surface area contributed by atoms with Crippen molar-refractivity contribution < 1.29 is 13.9 Å². The van der Waals surface area contributed by atoms with Gasteiger partial charge in [0.1, 0.15) is 5.82 Å². The number of hydrogen-bond acceptors (Lipinski definition) is 7. The number of thioether (sulfide) groups is 1. The number of amides is 1. The lowest BCUT2D eigenvalue weighted by molar-refractivity contribution is -0.130. The van der Waals surface area contributed by atoms with Gasteiger partial charge in [0.05, 0.1) is 19.0 Å². The topological polar surface area (TPSA) is 66.7 Å². The van der Waals surface area contributed by atoms with Crippen molar-refractivity contribution in [3.05, 3.63) is 34.6 Å². The smallest absolute Gasteiger partial charge is 0.233 e. The van der Waals surface area contributed by atoms with Gasteiger partial charge < -0.3 is 14.5 Å². The van der Waals surface area contributed by atoms with Gasteiger partial charge in [-0.1, -0.05) is 29.4 Å². The first-order valence-electron chi connectivity index (χ1n) is 10.9. The molecule has 2 aliphatic rings. The molecule has 11 heteroatoms. The van der Waals surface area contributed by atoms with E-state index in [1.165, 1.54) is 17.8 Å². The number of halogens is 2. The van der Waals surface area contributed by atoms with E-state index in [0.717, 1.165) is 30.7 Å². The first kappa shape index (κ1) is 23.3. The lowest BCUT2D eigenvalue weighted by atomic mass is 10.2. The molecule has 0 spiro atoms. The lowest BCUT2D eigenvalue weighted by Gasteiger charge is -2.35. The van der Waals surface area contributed by atoms with Crippen LogP contribution in [0.1, 0.15) is 12.5 Å². The van der Waals surface area contributed by atoms with Gasteiger partial charge in [0, 0.05) is 62.9 Å². The average Bonchev–Trinajstić information content (AvgIpc) is 3.24. The molecule has 32 heavy (non-hydrogen) atoms. The third-order valence-electron chi connectivity index (χ3n) is 5.80. The fraction of sp³-hybridized carbons (Fsp3) is 0.571. The highest BCUT2D eigenvalue weighted by Crippen LogP contribution is 2.24. The minimum Gasteiger partial charge on any atom is -0.378 e. The van der Waals surface area contributed by atoms with Gasteiger partial charge in [-0.05, 0) is 19.1 Å². The van der Waals surface area contributed by atoms with Crippen LogP contribution in [-0.4, -0.2) is 88.7 Å². The maximum absolute atomic E-state index is 14.1. The number of hydrogen-bond donors (Lipinski definition) is 0. The Morgan fingerprint density at radius 1 is 1.16 bits per heavy atom. The third kappa shape index (κ3) is 5.36. The van der Waals surface area contributed by atoms with Crippen LogP contribution >= 0.6 is 23.4 Å². The van der Waals surface area contributed by atoms with Gasteiger partial charge in [0.15, 0.2) is 5.16 Å². The number of carbonyl (C=O) groups excluding carboxylic acids is 1. The standard InChI is InChI=1S/C21H28ClFN6O2S/c1-2-29-20(28-10-12-31-13-11-28)24-25-21(29)32-15-19(30)27-8-6-26(7-9-27)14-16-17(22)4-3-5-18(16)23/h3-5H,2,6-15H2,1H3.